The van der Waals surface area contributed by atoms with Crippen molar-refractivity contribution in [3.05, 3.63) is 40.1 Å². The second-order valence-corrected chi connectivity index (χ2v) is 7.04. The highest BCUT2D eigenvalue weighted by atomic mass is 32.2. The number of carbonyl (C=O) groups is 1. The number of ether oxygens (including phenoxy) is 1. The number of rotatable bonds is 5. The third-order valence-electron chi connectivity index (χ3n) is 2.84. The lowest BCUT2D eigenvalue weighted by atomic mass is 9.93. The molecule has 1 atom stereocenters. The van der Waals surface area contributed by atoms with Crippen molar-refractivity contribution >= 4 is 29.5 Å². The van der Waals surface area contributed by atoms with Gasteiger partial charge in [-0.25, -0.2) is 0 Å². The molecule has 1 aromatic rings. The van der Waals surface area contributed by atoms with Gasteiger partial charge in [-0.2, -0.15) is 0 Å². The van der Waals surface area contributed by atoms with E-state index in [1.54, 1.807) is 0 Å². The topological polar surface area (TPSA) is 26.3 Å². The lowest BCUT2D eigenvalue weighted by molar-refractivity contribution is -0.135. The van der Waals surface area contributed by atoms with Crippen molar-refractivity contribution in [1.82, 2.24) is 0 Å². The average molecular weight is 294 g/mol. The predicted molar refractivity (Wildman–Crippen MR) is 83.8 cm³/mol. The molecule has 1 heterocycles. The van der Waals surface area contributed by atoms with E-state index in [0.29, 0.717) is 12.2 Å². The van der Waals surface area contributed by atoms with Crippen LogP contribution in [0.4, 0.5) is 0 Å². The summed E-state index contributed by atoms with van der Waals surface area (Å²) in [4.78, 5) is 11.7. The molecule has 0 spiro atoms. The molecule has 0 aromatic heterocycles. The quantitative estimate of drug-likeness (QED) is 0.593. The molecule has 2 nitrogen and oxygen atoms in total. The molecule has 0 bridgehead atoms. The lowest BCUT2D eigenvalue weighted by Gasteiger charge is -2.22. The molecule has 1 aromatic carbocycles. The molecule has 0 fully saturated rings. The molecule has 1 unspecified atom stereocenters. The maximum Gasteiger partial charge on any atom is 0.312 e. The molecule has 4 heteroatoms. The van der Waals surface area contributed by atoms with Crippen LogP contribution in [-0.2, 0) is 4.79 Å². The van der Waals surface area contributed by atoms with E-state index in [-0.39, 0.29) is 11.9 Å². The monoisotopic (exact) mass is 294 g/mol. The number of benzene rings is 1. The predicted octanol–water partition coefficient (Wildman–Crippen LogP) is 4.43. The minimum Gasteiger partial charge on any atom is -0.426 e. The van der Waals surface area contributed by atoms with Gasteiger partial charge in [0, 0.05) is 15.7 Å². The summed E-state index contributed by atoms with van der Waals surface area (Å²) < 4.78 is 6.59. The largest absolute Gasteiger partial charge is 0.426 e. The zero-order chi connectivity index (χ0) is 13.7. The van der Waals surface area contributed by atoms with Crippen LogP contribution in [0, 0.1) is 0 Å². The van der Waals surface area contributed by atoms with Gasteiger partial charge in [-0.3, -0.25) is 4.79 Å². The van der Waals surface area contributed by atoms with Gasteiger partial charge in [0.05, 0.1) is 6.42 Å². The summed E-state index contributed by atoms with van der Waals surface area (Å²) in [6, 6.07) is 7.82. The van der Waals surface area contributed by atoms with Crippen LogP contribution in [-0.4, -0.2) is 17.5 Å². The summed E-state index contributed by atoms with van der Waals surface area (Å²) in [6.07, 6.45) is 2.66. The molecule has 0 radical (unpaired) electrons. The van der Waals surface area contributed by atoms with E-state index in [2.05, 4.69) is 19.9 Å². The van der Waals surface area contributed by atoms with E-state index in [0.717, 1.165) is 17.1 Å². The highest BCUT2D eigenvalue weighted by Crippen LogP contribution is 2.39. The molecular formula is C15H18O2S2. The van der Waals surface area contributed by atoms with Crippen LogP contribution in [0.3, 0.4) is 0 Å². The van der Waals surface area contributed by atoms with E-state index in [4.69, 9.17) is 4.74 Å². The summed E-state index contributed by atoms with van der Waals surface area (Å²) in [7, 11) is 0. The van der Waals surface area contributed by atoms with Gasteiger partial charge < -0.3 is 4.74 Å². The summed E-state index contributed by atoms with van der Waals surface area (Å²) in [5.41, 5.74) is 1.12. The number of allylic oxidation sites excluding steroid dienone is 1. The lowest BCUT2D eigenvalue weighted by Crippen LogP contribution is -2.19. The van der Waals surface area contributed by atoms with Crippen LogP contribution >= 0.6 is 23.5 Å². The molecule has 2 rings (SSSR count). The Balaban J connectivity index is 2.28. The summed E-state index contributed by atoms with van der Waals surface area (Å²) in [5.74, 6) is 2.82. The average Bonchev–Trinajstić information content (AvgIpc) is 2.39. The van der Waals surface area contributed by atoms with Crippen molar-refractivity contribution in [1.29, 1.82) is 0 Å². The Bertz CT molecular complexity index is 475. The number of para-hydroxylation sites is 1. The second kappa shape index (κ2) is 7.06. The first-order chi connectivity index (χ1) is 9.24. The van der Waals surface area contributed by atoms with Crippen LogP contribution in [0.1, 0.15) is 31.7 Å². The molecule has 0 saturated heterocycles. The maximum atomic E-state index is 11.7. The minimum atomic E-state index is -0.137. The number of hydrogen-bond donors (Lipinski definition) is 0. The molecule has 1 aliphatic heterocycles. The highest BCUT2D eigenvalue weighted by molar-refractivity contribution is 8.22. The van der Waals surface area contributed by atoms with E-state index in [1.807, 2.05) is 47.8 Å². The van der Waals surface area contributed by atoms with Gasteiger partial charge in [0.1, 0.15) is 5.75 Å². The van der Waals surface area contributed by atoms with Gasteiger partial charge in [-0.05, 0) is 17.6 Å². The van der Waals surface area contributed by atoms with Gasteiger partial charge in [0.15, 0.2) is 0 Å². The Morgan fingerprint density at radius 3 is 2.68 bits per heavy atom. The van der Waals surface area contributed by atoms with Crippen molar-refractivity contribution in [2.45, 2.75) is 26.2 Å². The van der Waals surface area contributed by atoms with Crippen molar-refractivity contribution in [3.8, 4) is 5.75 Å². The molecule has 0 N–H and O–H groups in total. The number of esters is 1. The number of thioether (sulfide) groups is 2. The van der Waals surface area contributed by atoms with Crippen molar-refractivity contribution in [2.75, 3.05) is 11.5 Å². The Kier molecular flexibility index (Phi) is 5.40. The number of hydrogen-bond acceptors (Lipinski definition) is 4. The first-order valence-corrected chi connectivity index (χ1v) is 8.48. The molecular weight excluding hydrogens is 276 g/mol. The van der Waals surface area contributed by atoms with Crippen LogP contribution in [0.2, 0.25) is 0 Å². The zero-order valence-corrected chi connectivity index (χ0v) is 12.9. The Morgan fingerprint density at radius 1 is 1.32 bits per heavy atom. The first-order valence-electron chi connectivity index (χ1n) is 6.51. The molecule has 1 aliphatic rings. The maximum absolute atomic E-state index is 11.7. The SMILES string of the molecule is CCSC(=CC1CC(=O)Oc2ccccc21)SCC. The number of carbonyl (C=O) groups excluding carboxylic acids is 1. The fourth-order valence-electron chi connectivity index (χ4n) is 2.07. The van der Waals surface area contributed by atoms with Gasteiger partial charge in [-0.15, -0.1) is 23.5 Å². The Labute approximate surface area is 123 Å². The number of fused-ring (bicyclic) bond motifs is 1. The Hall–Kier alpha value is -0.870. The molecule has 0 saturated carbocycles. The van der Waals surface area contributed by atoms with Gasteiger partial charge in [0.25, 0.3) is 0 Å². The molecule has 102 valence electrons. The zero-order valence-electron chi connectivity index (χ0n) is 11.2. The highest BCUT2D eigenvalue weighted by Gasteiger charge is 2.25. The van der Waals surface area contributed by atoms with Crippen LogP contribution < -0.4 is 4.74 Å². The van der Waals surface area contributed by atoms with Gasteiger partial charge in [-0.1, -0.05) is 38.1 Å². The van der Waals surface area contributed by atoms with Crippen molar-refractivity contribution in [3.63, 3.8) is 0 Å². The first kappa shape index (κ1) is 14.5. The summed E-state index contributed by atoms with van der Waals surface area (Å²) in [6.45, 7) is 4.30. The molecule has 0 aliphatic carbocycles. The third kappa shape index (κ3) is 3.80. The fraction of sp³-hybridized carbons (Fsp3) is 0.400. The van der Waals surface area contributed by atoms with Gasteiger partial charge >= 0.3 is 5.97 Å². The Morgan fingerprint density at radius 2 is 2.00 bits per heavy atom. The van der Waals surface area contributed by atoms with Crippen LogP contribution in [0.25, 0.3) is 0 Å². The second-order valence-electron chi connectivity index (χ2n) is 4.17. The normalized spacial score (nSPS) is 17.6. The minimum absolute atomic E-state index is 0.137. The van der Waals surface area contributed by atoms with Crippen molar-refractivity contribution < 1.29 is 9.53 Å². The van der Waals surface area contributed by atoms with Crippen molar-refractivity contribution in [2.24, 2.45) is 0 Å². The molecule has 0 amide bonds. The summed E-state index contributed by atoms with van der Waals surface area (Å²) in [5, 5.41) is 0. The van der Waals surface area contributed by atoms with E-state index in [1.165, 1.54) is 4.24 Å². The standard InChI is InChI=1S/C15H18O2S2/c1-3-18-15(19-4-2)10-11-9-14(16)17-13-8-6-5-7-12(11)13/h5-8,10-11H,3-4,9H2,1-2H3. The van der Waals surface area contributed by atoms with Crippen LogP contribution in [0.5, 0.6) is 5.75 Å². The fourth-order valence-corrected chi connectivity index (χ4v) is 4.20. The molecule has 19 heavy (non-hydrogen) atoms. The van der Waals surface area contributed by atoms with E-state index < -0.39 is 0 Å². The summed E-state index contributed by atoms with van der Waals surface area (Å²) >= 11 is 3.68. The van der Waals surface area contributed by atoms with E-state index in [9.17, 15) is 4.79 Å². The smallest absolute Gasteiger partial charge is 0.312 e. The van der Waals surface area contributed by atoms with Crippen LogP contribution in [0.15, 0.2) is 34.6 Å². The van der Waals surface area contributed by atoms with E-state index >= 15 is 0 Å². The third-order valence-corrected chi connectivity index (χ3v) is 4.96. The van der Waals surface area contributed by atoms with Gasteiger partial charge in [0.2, 0.25) is 0 Å².